The minimum atomic E-state index is -0.893. The second-order valence-corrected chi connectivity index (χ2v) is 4.74. The summed E-state index contributed by atoms with van der Waals surface area (Å²) in [7, 11) is 0. The van der Waals surface area contributed by atoms with Crippen LogP contribution in [0.3, 0.4) is 0 Å². The summed E-state index contributed by atoms with van der Waals surface area (Å²) in [4.78, 5) is 15.7. The third kappa shape index (κ3) is 2.26. The van der Waals surface area contributed by atoms with E-state index in [1.165, 1.54) is 0 Å². The Morgan fingerprint density at radius 3 is 2.69 bits per heavy atom. The lowest BCUT2D eigenvalue weighted by atomic mass is 9.90. The van der Waals surface area contributed by atoms with Gasteiger partial charge in [0.25, 0.3) is 0 Å². The predicted octanol–water partition coefficient (Wildman–Crippen LogP) is 2.29. The first-order valence-electron chi connectivity index (χ1n) is 5.68. The van der Waals surface area contributed by atoms with Gasteiger partial charge in [-0.05, 0) is 19.3 Å². The second-order valence-electron chi connectivity index (χ2n) is 4.74. The van der Waals surface area contributed by atoms with Crippen LogP contribution >= 0.6 is 0 Å². The smallest absolute Gasteiger partial charge is 0.329 e. The van der Waals surface area contributed by atoms with Gasteiger partial charge in [-0.1, -0.05) is 20.8 Å². The molecule has 0 radical (unpaired) electrons. The molecule has 0 fully saturated rings. The molecule has 0 aliphatic carbocycles. The van der Waals surface area contributed by atoms with Gasteiger partial charge in [0.15, 0.2) is 0 Å². The molecule has 0 spiro atoms. The summed E-state index contributed by atoms with van der Waals surface area (Å²) < 4.78 is 1.79. The van der Waals surface area contributed by atoms with Gasteiger partial charge in [-0.2, -0.15) is 0 Å². The minimum absolute atomic E-state index is 0.327. The average Bonchev–Trinajstić information content (AvgIpc) is 2.64. The van der Waals surface area contributed by atoms with Crippen LogP contribution in [0.2, 0.25) is 0 Å². The topological polar surface area (TPSA) is 55.1 Å². The Bertz CT molecular complexity index is 371. The highest BCUT2D eigenvalue weighted by atomic mass is 16.4. The first kappa shape index (κ1) is 12.7. The fourth-order valence-electron chi connectivity index (χ4n) is 2.13. The molecule has 0 saturated carbocycles. The highest BCUT2D eigenvalue weighted by molar-refractivity contribution is 5.76. The molecule has 0 saturated heterocycles. The normalized spacial score (nSPS) is 15.1. The number of aliphatic carboxylic acids is 1. The molecule has 0 bridgehead atoms. The summed E-state index contributed by atoms with van der Waals surface area (Å²) in [6.07, 6.45) is 4.77. The van der Waals surface area contributed by atoms with Crippen molar-refractivity contribution < 1.29 is 9.90 Å². The van der Waals surface area contributed by atoms with E-state index in [0.29, 0.717) is 12.3 Å². The number of imidazole rings is 1. The van der Waals surface area contributed by atoms with Crippen LogP contribution in [-0.4, -0.2) is 20.6 Å². The summed E-state index contributed by atoms with van der Waals surface area (Å²) in [6.45, 7) is 7.81. The van der Waals surface area contributed by atoms with Crippen molar-refractivity contribution in [2.24, 2.45) is 5.92 Å². The van der Waals surface area contributed by atoms with Crippen LogP contribution in [-0.2, 0) is 16.8 Å². The number of nitrogens with zero attached hydrogens (tertiary/aromatic N) is 2. The zero-order valence-corrected chi connectivity index (χ0v) is 10.4. The van der Waals surface area contributed by atoms with E-state index in [1.54, 1.807) is 23.9 Å². The van der Waals surface area contributed by atoms with Crippen molar-refractivity contribution in [2.75, 3.05) is 0 Å². The maximum Gasteiger partial charge on any atom is 0.329 e. The van der Waals surface area contributed by atoms with E-state index in [0.717, 1.165) is 12.2 Å². The average molecular weight is 224 g/mol. The molecule has 0 aliphatic heterocycles. The number of aromatic nitrogens is 2. The Morgan fingerprint density at radius 2 is 2.25 bits per heavy atom. The van der Waals surface area contributed by atoms with Gasteiger partial charge in [0.05, 0.1) is 0 Å². The standard InChI is InChI=1S/C12H20N2O2/c1-5-10-13-6-7-14(10)12(4,11(15)16)8-9(2)3/h6-7,9H,5,8H2,1-4H3,(H,15,16). The van der Waals surface area contributed by atoms with Crippen molar-refractivity contribution in [1.82, 2.24) is 9.55 Å². The maximum atomic E-state index is 11.5. The highest BCUT2D eigenvalue weighted by Gasteiger charge is 2.36. The van der Waals surface area contributed by atoms with E-state index < -0.39 is 11.5 Å². The lowest BCUT2D eigenvalue weighted by molar-refractivity contribution is -0.147. The van der Waals surface area contributed by atoms with Crippen LogP contribution < -0.4 is 0 Å². The minimum Gasteiger partial charge on any atom is -0.479 e. The third-order valence-electron chi connectivity index (χ3n) is 2.83. The first-order valence-corrected chi connectivity index (χ1v) is 5.68. The fourth-order valence-corrected chi connectivity index (χ4v) is 2.13. The quantitative estimate of drug-likeness (QED) is 0.834. The van der Waals surface area contributed by atoms with Gasteiger partial charge in [0, 0.05) is 18.8 Å². The Balaban J connectivity index is 3.16. The Kier molecular flexibility index (Phi) is 3.73. The number of hydrogen-bond acceptors (Lipinski definition) is 2. The highest BCUT2D eigenvalue weighted by Crippen LogP contribution is 2.27. The van der Waals surface area contributed by atoms with Crippen LogP contribution in [0.15, 0.2) is 12.4 Å². The number of aryl methyl sites for hydroxylation is 1. The molecule has 16 heavy (non-hydrogen) atoms. The van der Waals surface area contributed by atoms with Gasteiger partial charge >= 0.3 is 5.97 Å². The molecule has 1 heterocycles. The summed E-state index contributed by atoms with van der Waals surface area (Å²) in [5.41, 5.74) is -0.893. The van der Waals surface area contributed by atoms with Gasteiger partial charge in [0.2, 0.25) is 0 Å². The Hall–Kier alpha value is -1.32. The summed E-state index contributed by atoms with van der Waals surface area (Å²) in [5, 5.41) is 9.42. The number of rotatable bonds is 5. The molecule has 4 heteroatoms. The number of carbonyl (C=O) groups is 1. The van der Waals surface area contributed by atoms with Crippen LogP contribution in [0.5, 0.6) is 0 Å². The molecule has 1 atom stereocenters. The zero-order valence-electron chi connectivity index (χ0n) is 10.4. The number of carboxylic acid groups (broad SMARTS) is 1. The third-order valence-corrected chi connectivity index (χ3v) is 2.83. The number of carboxylic acids is 1. The summed E-state index contributed by atoms with van der Waals surface area (Å²) in [6, 6.07) is 0. The van der Waals surface area contributed by atoms with Gasteiger partial charge in [0.1, 0.15) is 11.4 Å². The van der Waals surface area contributed by atoms with E-state index in [2.05, 4.69) is 4.98 Å². The van der Waals surface area contributed by atoms with E-state index in [4.69, 9.17) is 0 Å². The van der Waals surface area contributed by atoms with E-state index in [-0.39, 0.29) is 0 Å². The molecule has 90 valence electrons. The molecule has 0 amide bonds. The molecular weight excluding hydrogens is 204 g/mol. The van der Waals surface area contributed by atoms with Crippen molar-refractivity contribution in [1.29, 1.82) is 0 Å². The van der Waals surface area contributed by atoms with Crippen LogP contribution in [0, 0.1) is 5.92 Å². The van der Waals surface area contributed by atoms with Crippen LogP contribution in [0.1, 0.15) is 39.9 Å². The molecule has 4 nitrogen and oxygen atoms in total. The van der Waals surface area contributed by atoms with Crippen LogP contribution in [0.4, 0.5) is 0 Å². The van der Waals surface area contributed by atoms with Gasteiger partial charge < -0.3 is 9.67 Å². The second kappa shape index (κ2) is 4.68. The molecular formula is C12H20N2O2. The molecule has 0 aromatic carbocycles. The van der Waals surface area contributed by atoms with Gasteiger partial charge in [-0.25, -0.2) is 9.78 Å². The monoisotopic (exact) mass is 224 g/mol. The molecule has 0 aliphatic rings. The molecule has 1 rings (SSSR count). The molecule has 1 unspecified atom stereocenters. The van der Waals surface area contributed by atoms with E-state index >= 15 is 0 Å². The van der Waals surface area contributed by atoms with Crippen molar-refractivity contribution in [3.63, 3.8) is 0 Å². The van der Waals surface area contributed by atoms with Crippen molar-refractivity contribution in [3.8, 4) is 0 Å². The van der Waals surface area contributed by atoms with Crippen molar-refractivity contribution in [3.05, 3.63) is 18.2 Å². The van der Waals surface area contributed by atoms with E-state index in [9.17, 15) is 9.90 Å². The van der Waals surface area contributed by atoms with Gasteiger partial charge in [-0.15, -0.1) is 0 Å². The van der Waals surface area contributed by atoms with Crippen molar-refractivity contribution in [2.45, 2.75) is 46.1 Å². The SMILES string of the molecule is CCc1nccn1C(C)(CC(C)C)C(=O)O. The fraction of sp³-hybridized carbons (Fsp3) is 0.667. The predicted molar refractivity (Wildman–Crippen MR) is 62.3 cm³/mol. The largest absolute Gasteiger partial charge is 0.479 e. The zero-order chi connectivity index (χ0) is 12.3. The number of hydrogen-bond donors (Lipinski definition) is 1. The van der Waals surface area contributed by atoms with E-state index in [1.807, 2.05) is 20.8 Å². The van der Waals surface area contributed by atoms with Gasteiger partial charge in [-0.3, -0.25) is 0 Å². The lowest BCUT2D eigenvalue weighted by Gasteiger charge is -2.29. The summed E-state index contributed by atoms with van der Waals surface area (Å²) >= 11 is 0. The summed E-state index contributed by atoms with van der Waals surface area (Å²) in [5.74, 6) is 0.354. The lowest BCUT2D eigenvalue weighted by Crippen LogP contribution is -2.40. The van der Waals surface area contributed by atoms with Crippen LogP contribution in [0.25, 0.3) is 0 Å². The first-order chi connectivity index (χ1) is 7.41. The Morgan fingerprint density at radius 1 is 1.62 bits per heavy atom. The molecule has 1 N–H and O–H groups in total. The van der Waals surface area contributed by atoms with Crippen molar-refractivity contribution >= 4 is 5.97 Å². The Labute approximate surface area is 96.3 Å². The molecule has 1 aromatic rings. The maximum absolute atomic E-state index is 11.5. The molecule has 1 aromatic heterocycles.